The number of rotatable bonds is 5. The number of benzene rings is 1. The molecule has 2 unspecified atom stereocenters. The number of aromatic nitrogens is 3. The van der Waals surface area contributed by atoms with Crippen LogP contribution in [0.25, 0.3) is 11.3 Å². The maximum Gasteiger partial charge on any atom is 0.418 e. The number of carbonyl (C=O) groups excluding carboxylic acids is 1. The normalized spacial score (nSPS) is 18.2. The molecule has 1 aromatic carbocycles. The molecule has 3 aromatic rings. The molecule has 0 aliphatic heterocycles. The van der Waals surface area contributed by atoms with Crippen molar-refractivity contribution in [1.29, 1.82) is 0 Å². The Morgan fingerprint density at radius 3 is 2.54 bits per heavy atom. The number of amides is 1. The average molecular weight is 493 g/mol. The first-order valence-electron chi connectivity index (χ1n) is 10.7. The summed E-state index contributed by atoms with van der Waals surface area (Å²) in [5.74, 6) is -3.40. The number of pyridine rings is 1. The highest BCUT2D eigenvalue weighted by Crippen LogP contribution is 2.38. The molecule has 1 aliphatic carbocycles. The first-order valence-corrected chi connectivity index (χ1v) is 10.7. The fourth-order valence-corrected chi connectivity index (χ4v) is 3.86. The van der Waals surface area contributed by atoms with Crippen LogP contribution in [-0.4, -0.2) is 33.0 Å². The van der Waals surface area contributed by atoms with Gasteiger partial charge in [-0.25, -0.2) is 18.7 Å². The predicted molar refractivity (Wildman–Crippen MR) is 115 cm³/mol. The van der Waals surface area contributed by atoms with Crippen LogP contribution >= 0.6 is 0 Å². The van der Waals surface area contributed by atoms with Gasteiger partial charge in [-0.2, -0.15) is 18.2 Å². The van der Waals surface area contributed by atoms with Gasteiger partial charge in [-0.05, 0) is 49.9 Å². The van der Waals surface area contributed by atoms with Gasteiger partial charge < -0.3 is 15.8 Å². The number of ether oxygens (including phenoxy) is 1. The maximum atomic E-state index is 14.3. The molecule has 184 valence electrons. The number of alkyl halides is 3. The Kier molecular flexibility index (Phi) is 6.92. The molecular weight excluding hydrogens is 473 g/mol. The van der Waals surface area contributed by atoms with E-state index in [-0.39, 0.29) is 23.7 Å². The SMILES string of the molecule is NC1CCCC(Oc2ncncc2NC(=O)c2ccc(C(F)(F)F)c(-c3c(F)cccc3F)n2)C1. The Balaban J connectivity index is 1.65. The largest absolute Gasteiger partial charge is 0.473 e. The average Bonchev–Trinajstić information content (AvgIpc) is 2.79. The summed E-state index contributed by atoms with van der Waals surface area (Å²) in [5, 5.41) is 2.44. The number of nitrogens with one attached hydrogen (secondary N) is 1. The summed E-state index contributed by atoms with van der Waals surface area (Å²) in [7, 11) is 0. The van der Waals surface area contributed by atoms with Crippen molar-refractivity contribution in [2.24, 2.45) is 5.73 Å². The lowest BCUT2D eigenvalue weighted by molar-refractivity contribution is -0.137. The van der Waals surface area contributed by atoms with Gasteiger partial charge in [0, 0.05) is 6.04 Å². The topological polar surface area (TPSA) is 103 Å². The molecule has 4 rings (SSSR count). The number of nitrogens with zero attached hydrogens (tertiary/aromatic N) is 3. The molecular formula is C23H20F5N5O2. The van der Waals surface area contributed by atoms with Crippen molar-refractivity contribution in [3.63, 3.8) is 0 Å². The summed E-state index contributed by atoms with van der Waals surface area (Å²) < 4.78 is 75.1. The fourth-order valence-electron chi connectivity index (χ4n) is 3.86. The van der Waals surface area contributed by atoms with E-state index in [1.807, 2.05) is 0 Å². The van der Waals surface area contributed by atoms with Crippen LogP contribution < -0.4 is 15.8 Å². The lowest BCUT2D eigenvalue weighted by Gasteiger charge is -2.27. The van der Waals surface area contributed by atoms with E-state index in [0.717, 1.165) is 43.5 Å². The van der Waals surface area contributed by atoms with Gasteiger partial charge in [0.15, 0.2) is 0 Å². The summed E-state index contributed by atoms with van der Waals surface area (Å²) in [4.78, 5) is 24.4. The Morgan fingerprint density at radius 1 is 1.11 bits per heavy atom. The van der Waals surface area contributed by atoms with E-state index in [1.54, 1.807) is 0 Å². The molecule has 3 N–H and O–H groups in total. The van der Waals surface area contributed by atoms with Crippen LogP contribution in [0, 0.1) is 11.6 Å². The van der Waals surface area contributed by atoms with E-state index in [2.05, 4.69) is 20.3 Å². The zero-order valence-corrected chi connectivity index (χ0v) is 18.1. The van der Waals surface area contributed by atoms with Gasteiger partial charge in [0.2, 0.25) is 5.88 Å². The van der Waals surface area contributed by atoms with E-state index in [1.165, 1.54) is 12.5 Å². The van der Waals surface area contributed by atoms with E-state index in [0.29, 0.717) is 12.5 Å². The molecule has 2 aromatic heterocycles. The molecule has 1 saturated carbocycles. The van der Waals surface area contributed by atoms with Crippen molar-refractivity contribution >= 4 is 11.6 Å². The number of hydrogen-bond acceptors (Lipinski definition) is 6. The highest BCUT2D eigenvalue weighted by molar-refractivity contribution is 6.03. The van der Waals surface area contributed by atoms with Crippen LogP contribution in [0.4, 0.5) is 27.6 Å². The highest BCUT2D eigenvalue weighted by atomic mass is 19.4. The molecule has 0 radical (unpaired) electrons. The molecule has 2 heterocycles. The zero-order valence-electron chi connectivity index (χ0n) is 18.1. The number of halogens is 5. The van der Waals surface area contributed by atoms with Crippen molar-refractivity contribution in [2.75, 3.05) is 5.32 Å². The van der Waals surface area contributed by atoms with Crippen LogP contribution in [0.2, 0.25) is 0 Å². The van der Waals surface area contributed by atoms with E-state index in [9.17, 15) is 26.7 Å². The maximum absolute atomic E-state index is 14.3. The number of hydrogen-bond donors (Lipinski definition) is 2. The van der Waals surface area contributed by atoms with Crippen LogP contribution in [-0.2, 0) is 6.18 Å². The summed E-state index contributed by atoms with van der Waals surface area (Å²) in [5.41, 5.74) is 2.09. The van der Waals surface area contributed by atoms with E-state index < -0.39 is 46.2 Å². The van der Waals surface area contributed by atoms with Gasteiger partial charge in [-0.3, -0.25) is 4.79 Å². The highest BCUT2D eigenvalue weighted by Gasteiger charge is 2.36. The second-order valence-electron chi connectivity index (χ2n) is 8.05. The monoisotopic (exact) mass is 493 g/mol. The molecule has 1 amide bonds. The van der Waals surface area contributed by atoms with Crippen molar-refractivity contribution in [1.82, 2.24) is 15.0 Å². The first-order chi connectivity index (χ1) is 16.6. The Hall–Kier alpha value is -3.67. The minimum Gasteiger partial charge on any atom is -0.473 e. The third-order valence-corrected chi connectivity index (χ3v) is 5.50. The Bertz CT molecular complexity index is 1220. The second-order valence-corrected chi connectivity index (χ2v) is 8.05. The van der Waals surface area contributed by atoms with Crippen LogP contribution in [0.5, 0.6) is 5.88 Å². The van der Waals surface area contributed by atoms with E-state index in [4.69, 9.17) is 10.5 Å². The number of carbonyl (C=O) groups is 1. The third-order valence-electron chi connectivity index (χ3n) is 5.50. The smallest absolute Gasteiger partial charge is 0.418 e. The lowest BCUT2D eigenvalue weighted by atomic mass is 9.94. The molecule has 12 heteroatoms. The molecule has 0 spiro atoms. The van der Waals surface area contributed by atoms with Gasteiger partial charge in [0.25, 0.3) is 5.91 Å². The van der Waals surface area contributed by atoms with Gasteiger partial charge in [-0.15, -0.1) is 0 Å². The lowest BCUT2D eigenvalue weighted by Crippen LogP contribution is -2.34. The number of anilines is 1. The standard InChI is InChI=1S/C23H20F5N5O2/c24-15-5-2-6-16(25)19(15)20-14(23(26,27)28)7-8-17(32-20)21(34)33-18-10-30-11-31-22(18)35-13-4-1-3-12(29)9-13/h2,5-8,10-13H,1,3-4,9,29H2,(H,33,34). The van der Waals surface area contributed by atoms with Crippen LogP contribution in [0.15, 0.2) is 42.9 Å². The zero-order chi connectivity index (χ0) is 25.2. The summed E-state index contributed by atoms with van der Waals surface area (Å²) in [6.45, 7) is 0. The minimum atomic E-state index is -4.97. The minimum absolute atomic E-state index is 0.0258. The second kappa shape index (κ2) is 9.90. The molecule has 1 fully saturated rings. The third kappa shape index (κ3) is 5.53. The van der Waals surface area contributed by atoms with Crippen molar-refractivity contribution in [2.45, 2.75) is 44.0 Å². The van der Waals surface area contributed by atoms with E-state index >= 15 is 0 Å². The molecule has 0 saturated heterocycles. The van der Waals surface area contributed by atoms with Crippen molar-refractivity contribution in [3.8, 4) is 17.1 Å². The summed E-state index contributed by atoms with van der Waals surface area (Å²) in [6, 6.07) is 3.94. The molecule has 2 atom stereocenters. The molecule has 35 heavy (non-hydrogen) atoms. The van der Waals surface area contributed by atoms with Crippen LogP contribution in [0.3, 0.4) is 0 Å². The summed E-state index contributed by atoms with van der Waals surface area (Å²) in [6.07, 6.45) is 0.332. The Morgan fingerprint density at radius 2 is 1.86 bits per heavy atom. The van der Waals surface area contributed by atoms with Crippen molar-refractivity contribution in [3.05, 3.63) is 65.7 Å². The first kappa shape index (κ1) is 24.5. The van der Waals surface area contributed by atoms with Gasteiger partial charge in [0.05, 0.1) is 23.0 Å². The van der Waals surface area contributed by atoms with Gasteiger partial charge >= 0.3 is 6.18 Å². The fraction of sp³-hybridized carbons (Fsp3) is 0.304. The molecule has 0 bridgehead atoms. The van der Waals surface area contributed by atoms with Gasteiger partial charge in [-0.1, -0.05) is 6.07 Å². The molecule has 1 aliphatic rings. The number of nitrogens with two attached hydrogens (primary N) is 1. The molecule has 7 nitrogen and oxygen atoms in total. The van der Waals surface area contributed by atoms with Crippen molar-refractivity contribution < 1.29 is 31.5 Å². The van der Waals surface area contributed by atoms with Gasteiger partial charge in [0.1, 0.15) is 35.4 Å². The quantitative estimate of drug-likeness (QED) is 0.498. The van der Waals surface area contributed by atoms with Crippen LogP contribution in [0.1, 0.15) is 41.7 Å². The summed E-state index contributed by atoms with van der Waals surface area (Å²) >= 11 is 0. The predicted octanol–water partition coefficient (Wildman–Crippen LogP) is 4.74. The Labute approximate surface area is 196 Å².